The number of benzene rings is 1. The Balaban J connectivity index is 3.01. The van der Waals surface area contributed by atoms with Crippen molar-refractivity contribution in [2.24, 2.45) is 0 Å². The van der Waals surface area contributed by atoms with Crippen molar-refractivity contribution in [1.82, 2.24) is 0 Å². The van der Waals surface area contributed by atoms with Crippen LogP contribution >= 0.6 is 0 Å². The monoisotopic (exact) mass is 137 g/mol. The smallest absolute Gasteiger partial charge is 0.0544 e. The van der Waals surface area contributed by atoms with Crippen LogP contribution in [0.3, 0.4) is 0 Å². The van der Waals surface area contributed by atoms with E-state index in [1.165, 1.54) is 5.19 Å². The van der Waals surface area contributed by atoms with Crippen LogP contribution < -0.4 is 10.9 Å². The van der Waals surface area contributed by atoms with E-state index in [2.05, 4.69) is 12.6 Å². The Morgan fingerprint density at radius 1 is 1.33 bits per heavy atom. The molecular formula is C7H11NSi. The maximum Gasteiger partial charge on any atom is 0.0544 e. The fraction of sp³-hybridized carbons (Fsp3) is 0.143. The van der Waals surface area contributed by atoms with E-state index in [0.29, 0.717) is 0 Å². The van der Waals surface area contributed by atoms with Gasteiger partial charge in [0.25, 0.3) is 0 Å². The fourth-order valence-corrected chi connectivity index (χ4v) is 1.75. The molecule has 0 saturated carbocycles. The highest BCUT2D eigenvalue weighted by Crippen LogP contribution is 1.94. The standard InChI is InChI=1S/C7H11NSi/c1-9-7-5-3-2-4-6(7)8/h2-5H,8-9H2,1H3. The Labute approximate surface area is 57.7 Å². The fourth-order valence-electron chi connectivity index (χ4n) is 0.856. The van der Waals surface area contributed by atoms with Gasteiger partial charge in [0, 0.05) is 5.69 Å². The van der Waals surface area contributed by atoms with Crippen LogP contribution in [0.2, 0.25) is 6.55 Å². The molecule has 2 heteroatoms. The molecule has 9 heavy (non-hydrogen) atoms. The molecule has 0 aliphatic rings. The van der Waals surface area contributed by atoms with Crippen molar-refractivity contribution in [2.75, 3.05) is 5.73 Å². The molecule has 0 heterocycles. The quantitative estimate of drug-likeness (QED) is 0.431. The number of nitrogen functional groups attached to an aromatic ring is 1. The average molecular weight is 137 g/mol. The van der Waals surface area contributed by atoms with Crippen molar-refractivity contribution < 1.29 is 0 Å². The van der Waals surface area contributed by atoms with Crippen molar-refractivity contribution in [1.29, 1.82) is 0 Å². The first-order chi connectivity index (χ1) is 4.34. The van der Waals surface area contributed by atoms with Crippen LogP contribution in [0.25, 0.3) is 0 Å². The summed E-state index contributed by atoms with van der Waals surface area (Å²) in [6.07, 6.45) is 0. The third-order valence-electron chi connectivity index (χ3n) is 1.44. The van der Waals surface area contributed by atoms with E-state index in [9.17, 15) is 0 Å². The summed E-state index contributed by atoms with van der Waals surface area (Å²) < 4.78 is 0. The van der Waals surface area contributed by atoms with E-state index in [0.717, 1.165) is 5.69 Å². The minimum Gasteiger partial charge on any atom is -0.399 e. The van der Waals surface area contributed by atoms with Crippen LogP contribution in [-0.2, 0) is 0 Å². The minimum absolute atomic E-state index is 0.0627. The Morgan fingerprint density at radius 2 is 2.00 bits per heavy atom. The van der Waals surface area contributed by atoms with Gasteiger partial charge in [0.15, 0.2) is 0 Å². The highest BCUT2D eigenvalue weighted by molar-refractivity contribution is 6.54. The van der Waals surface area contributed by atoms with Gasteiger partial charge in [-0.1, -0.05) is 24.7 Å². The van der Waals surface area contributed by atoms with Gasteiger partial charge in [-0.2, -0.15) is 0 Å². The zero-order valence-electron chi connectivity index (χ0n) is 5.59. The van der Waals surface area contributed by atoms with Crippen molar-refractivity contribution in [3.05, 3.63) is 24.3 Å². The predicted octanol–water partition coefficient (Wildman–Crippen LogP) is 0.111. The van der Waals surface area contributed by atoms with Gasteiger partial charge >= 0.3 is 0 Å². The summed E-state index contributed by atoms with van der Waals surface area (Å²) in [7, 11) is -0.0627. The third-order valence-corrected chi connectivity index (χ3v) is 2.84. The summed E-state index contributed by atoms with van der Waals surface area (Å²) in [4.78, 5) is 0. The van der Waals surface area contributed by atoms with Gasteiger partial charge in [-0.3, -0.25) is 0 Å². The Kier molecular flexibility index (Phi) is 1.90. The first-order valence-electron chi connectivity index (χ1n) is 3.18. The number of rotatable bonds is 1. The summed E-state index contributed by atoms with van der Waals surface area (Å²) >= 11 is 0. The normalized spacial score (nSPS) is 10.8. The van der Waals surface area contributed by atoms with Crippen LogP contribution in [0, 0.1) is 0 Å². The molecule has 0 aliphatic heterocycles. The Hall–Kier alpha value is -0.763. The number of para-hydroxylation sites is 1. The van der Waals surface area contributed by atoms with Crippen molar-refractivity contribution in [3.8, 4) is 0 Å². The molecule has 0 atom stereocenters. The Bertz CT molecular complexity index is 198. The average Bonchev–Trinajstić information content (AvgIpc) is 1.89. The van der Waals surface area contributed by atoms with Gasteiger partial charge in [-0.05, 0) is 11.3 Å². The topological polar surface area (TPSA) is 26.0 Å². The van der Waals surface area contributed by atoms with Crippen molar-refractivity contribution in [2.45, 2.75) is 6.55 Å². The van der Waals surface area contributed by atoms with Crippen LogP contribution in [0.1, 0.15) is 0 Å². The molecule has 0 bridgehead atoms. The summed E-state index contributed by atoms with van der Waals surface area (Å²) in [6, 6.07) is 8.10. The molecule has 0 aliphatic carbocycles. The van der Waals surface area contributed by atoms with E-state index in [-0.39, 0.29) is 9.52 Å². The summed E-state index contributed by atoms with van der Waals surface area (Å²) in [5.41, 5.74) is 6.63. The molecule has 0 amide bonds. The SMILES string of the molecule is C[SiH2]c1ccccc1N. The van der Waals surface area contributed by atoms with Gasteiger partial charge in [0.2, 0.25) is 0 Å². The molecule has 1 aromatic carbocycles. The first-order valence-corrected chi connectivity index (χ1v) is 5.30. The second-order valence-corrected chi connectivity index (χ2v) is 3.52. The van der Waals surface area contributed by atoms with Gasteiger partial charge in [-0.25, -0.2) is 0 Å². The van der Waals surface area contributed by atoms with Crippen molar-refractivity contribution >= 4 is 20.4 Å². The number of anilines is 1. The maximum atomic E-state index is 5.67. The molecule has 0 saturated heterocycles. The highest BCUT2D eigenvalue weighted by Gasteiger charge is 1.90. The van der Waals surface area contributed by atoms with Gasteiger partial charge < -0.3 is 5.73 Å². The molecule has 48 valence electrons. The minimum atomic E-state index is -0.0627. The molecule has 0 spiro atoms. The number of hydrogen-bond donors (Lipinski definition) is 1. The second kappa shape index (κ2) is 2.69. The number of nitrogens with two attached hydrogens (primary N) is 1. The Morgan fingerprint density at radius 3 is 2.44 bits per heavy atom. The van der Waals surface area contributed by atoms with Gasteiger partial charge in [-0.15, -0.1) is 0 Å². The largest absolute Gasteiger partial charge is 0.399 e. The first kappa shape index (κ1) is 6.36. The zero-order chi connectivity index (χ0) is 6.69. The summed E-state index contributed by atoms with van der Waals surface area (Å²) in [5.74, 6) is 0. The van der Waals surface area contributed by atoms with E-state index in [4.69, 9.17) is 5.73 Å². The van der Waals surface area contributed by atoms with E-state index in [1.807, 2.05) is 18.2 Å². The van der Waals surface area contributed by atoms with Crippen LogP contribution in [0.4, 0.5) is 5.69 Å². The van der Waals surface area contributed by atoms with E-state index >= 15 is 0 Å². The van der Waals surface area contributed by atoms with Crippen LogP contribution in [0.5, 0.6) is 0 Å². The molecule has 1 nitrogen and oxygen atoms in total. The molecular weight excluding hydrogens is 126 g/mol. The zero-order valence-corrected chi connectivity index (χ0v) is 7.01. The molecule has 0 fully saturated rings. The highest BCUT2D eigenvalue weighted by atomic mass is 28.2. The van der Waals surface area contributed by atoms with Crippen LogP contribution in [-0.4, -0.2) is 9.52 Å². The third kappa shape index (κ3) is 1.33. The van der Waals surface area contributed by atoms with E-state index in [1.54, 1.807) is 0 Å². The molecule has 0 unspecified atom stereocenters. The lowest BCUT2D eigenvalue weighted by Crippen LogP contribution is -2.14. The van der Waals surface area contributed by atoms with Gasteiger partial charge in [0.1, 0.15) is 0 Å². The molecule has 2 N–H and O–H groups in total. The lowest BCUT2D eigenvalue weighted by molar-refractivity contribution is 1.73. The number of hydrogen-bond acceptors (Lipinski definition) is 1. The molecule has 0 aromatic heterocycles. The maximum absolute atomic E-state index is 5.67. The summed E-state index contributed by atoms with van der Waals surface area (Å²) in [6.45, 7) is 2.24. The molecule has 1 aromatic rings. The van der Waals surface area contributed by atoms with Crippen molar-refractivity contribution in [3.63, 3.8) is 0 Å². The second-order valence-electron chi connectivity index (χ2n) is 2.05. The van der Waals surface area contributed by atoms with Gasteiger partial charge in [0.05, 0.1) is 9.52 Å². The lowest BCUT2D eigenvalue weighted by Gasteiger charge is -1.98. The molecule has 0 radical (unpaired) electrons. The van der Waals surface area contributed by atoms with Crippen LogP contribution in [0.15, 0.2) is 24.3 Å². The lowest BCUT2D eigenvalue weighted by atomic mass is 10.3. The summed E-state index contributed by atoms with van der Waals surface area (Å²) in [5, 5.41) is 1.37. The van der Waals surface area contributed by atoms with E-state index < -0.39 is 0 Å². The molecule has 1 rings (SSSR count). The predicted molar refractivity (Wildman–Crippen MR) is 44.9 cm³/mol.